The van der Waals surface area contributed by atoms with Crippen molar-refractivity contribution in [1.82, 2.24) is 31.9 Å². The van der Waals surface area contributed by atoms with Gasteiger partial charge in [-0.25, -0.2) is 4.79 Å². The monoisotopic (exact) mass is 857 g/mol. The Kier molecular flexibility index (Phi) is 20.1. The molecule has 2 aromatic rings. The Morgan fingerprint density at radius 3 is 1.46 bits per heavy atom. The number of hydrogen-bond donors (Lipinski definition) is 12. The average molecular weight is 858 g/mol. The summed E-state index contributed by atoms with van der Waals surface area (Å²) in [5, 5.41) is 61.8. The molecule has 0 radical (unpaired) electrons. The predicted molar refractivity (Wildman–Crippen MR) is 215 cm³/mol. The molecule has 21 heteroatoms. The van der Waals surface area contributed by atoms with Gasteiger partial charge in [0.05, 0.1) is 25.4 Å². The van der Waals surface area contributed by atoms with Gasteiger partial charge < -0.3 is 63.2 Å². The molecule has 0 fully saturated rings. The predicted octanol–water partition coefficient (Wildman–Crippen LogP) is -1.12. The van der Waals surface area contributed by atoms with Crippen LogP contribution in [-0.2, 0) is 56.0 Å². The van der Waals surface area contributed by atoms with E-state index in [1.54, 1.807) is 27.7 Å². The standard InChI is InChI=1S/C40H55N7O14/c1-5-21(4)34(39(59)42-19-31(50)43-30(40(60)61)14-20(2)3)47-38(58)29(18-33(53)54)46-37(57)28(17-32(51)52)45-36(56)27(16-23-8-12-25(49)13-9-23)44-35(55)26(41)15-22-6-10-24(48)11-7-22/h6-13,20-21,26-30,34,48-49H,5,14-19,41H2,1-4H3,(H,42,59)(H,43,50)(H,44,55)(H,45,56)(H,46,57)(H,47,58)(H,51,52)(H,53,54)(H,60,61)/t21-,26-,27-,28-,29-,30-,34-/m0/s1. The van der Waals surface area contributed by atoms with Crippen molar-refractivity contribution in [3.8, 4) is 11.5 Å². The first-order valence-corrected chi connectivity index (χ1v) is 19.4. The highest BCUT2D eigenvalue weighted by Crippen LogP contribution is 2.14. The number of carboxylic acids is 3. The molecule has 0 aliphatic carbocycles. The topological polar surface area (TPSA) is 353 Å². The molecule has 0 unspecified atom stereocenters. The van der Waals surface area contributed by atoms with Gasteiger partial charge in [0.1, 0.15) is 41.7 Å². The number of phenols is 2. The minimum absolute atomic E-state index is 0.0166. The van der Waals surface area contributed by atoms with Crippen molar-refractivity contribution in [2.75, 3.05) is 6.54 Å². The molecule has 7 atom stereocenters. The first-order chi connectivity index (χ1) is 28.6. The van der Waals surface area contributed by atoms with E-state index in [2.05, 4.69) is 31.9 Å². The summed E-state index contributed by atoms with van der Waals surface area (Å²) in [5.41, 5.74) is 7.10. The van der Waals surface area contributed by atoms with E-state index in [-0.39, 0.29) is 43.1 Å². The summed E-state index contributed by atoms with van der Waals surface area (Å²) in [6, 6.07) is 2.14. The fourth-order valence-electron chi connectivity index (χ4n) is 5.82. The molecule has 0 spiro atoms. The van der Waals surface area contributed by atoms with Gasteiger partial charge in [-0.05, 0) is 60.1 Å². The van der Waals surface area contributed by atoms with E-state index >= 15 is 0 Å². The Morgan fingerprint density at radius 2 is 1.02 bits per heavy atom. The number of rotatable bonds is 25. The van der Waals surface area contributed by atoms with Crippen LogP contribution in [0.15, 0.2) is 48.5 Å². The highest BCUT2D eigenvalue weighted by molar-refractivity contribution is 5.98. The minimum atomic E-state index is -1.95. The van der Waals surface area contributed by atoms with E-state index in [4.69, 9.17) is 5.73 Å². The second-order valence-corrected chi connectivity index (χ2v) is 14.9. The molecule has 0 aliphatic rings. The second-order valence-electron chi connectivity index (χ2n) is 14.9. The molecule has 2 aromatic carbocycles. The van der Waals surface area contributed by atoms with Crippen LogP contribution in [0.2, 0.25) is 0 Å². The van der Waals surface area contributed by atoms with E-state index < -0.39 is 115 Å². The summed E-state index contributed by atoms with van der Waals surface area (Å²) in [7, 11) is 0. The van der Waals surface area contributed by atoms with E-state index in [1.807, 2.05) is 0 Å². The Bertz CT molecular complexity index is 1870. The number of nitrogens with one attached hydrogen (secondary N) is 6. The summed E-state index contributed by atoms with van der Waals surface area (Å²) in [6.45, 7) is 6.07. The Morgan fingerprint density at radius 1 is 0.574 bits per heavy atom. The largest absolute Gasteiger partial charge is 0.508 e. The first kappa shape index (κ1) is 50.4. The van der Waals surface area contributed by atoms with Gasteiger partial charge in [0.15, 0.2) is 0 Å². The average Bonchev–Trinajstić information content (AvgIpc) is 3.18. The first-order valence-electron chi connectivity index (χ1n) is 19.4. The van der Waals surface area contributed by atoms with Gasteiger partial charge in [-0.1, -0.05) is 58.4 Å². The van der Waals surface area contributed by atoms with Crippen LogP contribution in [-0.4, -0.2) is 122 Å². The van der Waals surface area contributed by atoms with Crippen molar-refractivity contribution in [2.45, 2.75) is 102 Å². The smallest absolute Gasteiger partial charge is 0.326 e. The zero-order chi connectivity index (χ0) is 46.0. The molecule has 6 amide bonds. The van der Waals surface area contributed by atoms with Crippen molar-refractivity contribution in [2.24, 2.45) is 17.6 Å². The van der Waals surface area contributed by atoms with Crippen LogP contribution in [0.5, 0.6) is 11.5 Å². The van der Waals surface area contributed by atoms with Crippen LogP contribution < -0.4 is 37.6 Å². The lowest BCUT2D eigenvalue weighted by Crippen LogP contribution is -2.60. The molecule has 0 bridgehead atoms. The number of carbonyl (C=O) groups excluding carboxylic acids is 6. The molecule has 0 heterocycles. The summed E-state index contributed by atoms with van der Waals surface area (Å²) < 4.78 is 0. The number of phenolic OH excluding ortho intramolecular Hbond substituents is 2. The highest BCUT2D eigenvalue weighted by atomic mass is 16.4. The maximum atomic E-state index is 13.7. The normalized spacial score (nSPS) is 14.4. The number of aromatic hydroxyl groups is 2. The van der Waals surface area contributed by atoms with Crippen molar-refractivity contribution >= 4 is 53.4 Å². The third-order valence-electron chi connectivity index (χ3n) is 9.32. The summed E-state index contributed by atoms with van der Waals surface area (Å²) in [4.78, 5) is 115. The molecular formula is C40H55N7O14. The zero-order valence-corrected chi connectivity index (χ0v) is 34.2. The quantitative estimate of drug-likeness (QED) is 0.0563. The van der Waals surface area contributed by atoms with Gasteiger partial charge in [0.25, 0.3) is 0 Å². The number of carboxylic acid groups (broad SMARTS) is 3. The third kappa shape index (κ3) is 17.9. The number of aliphatic carboxylic acids is 3. The maximum Gasteiger partial charge on any atom is 0.326 e. The van der Waals surface area contributed by atoms with Gasteiger partial charge in [-0.3, -0.25) is 38.4 Å². The fraction of sp³-hybridized carbons (Fsp3) is 0.475. The third-order valence-corrected chi connectivity index (χ3v) is 9.32. The van der Waals surface area contributed by atoms with Gasteiger partial charge in [-0.2, -0.15) is 0 Å². The van der Waals surface area contributed by atoms with Crippen LogP contribution in [0.25, 0.3) is 0 Å². The van der Waals surface area contributed by atoms with Crippen molar-refractivity contribution in [1.29, 1.82) is 0 Å². The van der Waals surface area contributed by atoms with Crippen LogP contribution in [0, 0.1) is 11.8 Å². The van der Waals surface area contributed by atoms with E-state index in [9.17, 15) is 68.7 Å². The van der Waals surface area contributed by atoms with Gasteiger partial charge in [-0.15, -0.1) is 0 Å². The van der Waals surface area contributed by atoms with E-state index in [1.165, 1.54) is 48.5 Å². The lowest BCUT2D eigenvalue weighted by molar-refractivity contribution is -0.143. The molecule has 21 nitrogen and oxygen atoms in total. The van der Waals surface area contributed by atoms with Crippen LogP contribution in [0.4, 0.5) is 0 Å². The second kappa shape index (κ2) is 24.3. The molecule has 0 aliphatic heterocycles. The van der Waals surface area contributed by atoms with E-state index in [0.717, 1.165) is 0 Å². The molecule has 334 valence electrons. The number of nitrogens with two attached hydrogens (primary N) is 1. The molecule has 61 heavy (non-hydrogen) atoms. The Labute approximate surface area is 351 Å². The molecule has 0 saturated carbocycles. The van der Waals surface area contributed by atoms with Crippen molar-refractivity contribution in [3.63, 3.8) is 0 Å². The Balaban J connectivity index is 2.29. The molecule has 13 N–H and O–H groups in total. The lowest BCUT2D eigenvalue weighted by Gasteiger charge is -2.27. The van der Waals surface area contributed by atoms with Gasteiger partial charge in [0, 0.05) is 6.42 Å². The molecular weight excluding hydrogens is 802 g/mol. The van der Waals surface area contributed by atoms with Crippen LogP contribution in [0.1, 0.15) is 64.5 Å². The van der Waals surface area contributed by atoms with E-state index in [0.29, 0.717) is 11.1 Å². The SMILES string of the molecule is CC[C@H](C)[C@H](NC(=O)[C@H](CC(=O)O)NC(=O)[C@H](CC(=O)O)NC(=O)[C@H](Cc1ccc(O)cc1)NC(=O)[C@@H](N)Cc1ccc(O)cc1)C(=O)NCC(=O)N[C@@H](CC(C)C)C(=O)O. The summed E-state index contributed by atoms with van der Waals surface area (Å²) in [6.07, 6.45) is -1.99. The maximum absolute atomic E-state index is 13.7. The van der Waals surface area contributed by atoms with Crippen molar-refractivity contribution < 1.29 is 68.7 Å². The summed E-state index contributed by atoms with van der Waals surface area (Å²) >= 11 is 0. The van der Waals surface area contributed by atoms with Crippen molar-refractivity contribution in [3.05, 3.63) is 59.7 Å². The van der Waals surface area contributed by atoms with Gasteiger partial charge >= 0.3 is 17.9 Å². The fourth-order valence-corrected chi connectivity index (χ4v) is 5.82. The number of benzene rings is 2. The number of carbonyl (C=O) groups is 9. The molecule has 0 aromatic heterocycles. The lowest BCUT2D eigenvalue weighted by atomic mass is 9.97. The van der Waals surface area contributed by atoms with Gasteiger partial charge in [0.2, 0.25) is 35.4 Å². The number of amides is 6. The number of hydrogen-bond acceptors (Lipinski definition) is 12. The minimum Gasteiger partial charge on any atom is -0.508 e. The van der Waals surface area contributed by atoms with Crippen LogP contribution in [0.3, 0.4) is 0 Å². The zero-order valence-electron chi connectivity index (χ0n) is 34.2. The summed E-state index contributed by atoms with van der Waals surface area (Å²) in [5.74, 6) is -11.4. The molecule has 0 saturated heterocycles. The molecule has 2 rings (SSSR count). The van der Waals surface area contributed by atoms with Crippen LogP contribution >= 0.6 is 0 Å². The Hall–Kier alpha value is -6.77. The highest BCUT2D eigenvalue weighted by Gasteiger charge is 2.35.